The highest BCUT2D eigenvalue weighted by molar-refractivity contribution is 5.92. The van der Waals surface area contributed by atoms with Crippen LogP contribution in [0.1, 0.15) is 22.8 Å². The number of hydrogen-bond donors (Lipinski definition) is 1. The second-order valence-electron chi connectivity index (χ2n) is 6.21. The molecule has 160 valence electrons. The second kappa shape index (κ2) is 11.5. The van der Waals surface area contributed by atoms with Crippen LogP contribution in [0, 0.1) is 0 Å². The molecule has 1 atom stereocenters. The zero-order valence-electron chi connectivity index (χ0n) is 17.2. The minimum absolute atomic E-state index is 0.209. The molecule has 0 saturated heterocycles. The monoisotopic (exact) mass is 415 g/mol. The van der Waals surface area contributed by atoms with Gasteiger partial charge < -0.3 is 24.3 Å². The van der Waals surface area contributed by atoms with Gasteiger partial charge in [0.15, 0.2) is 18.1 Å². The molecule has 0 saturated carbocycles. The van der Waals surface area contributed by atoms with Gasteiger partial charge in [-0.1, -0.05) is 30.3 Å². The molecule has 2 rings (SSSR count). The molecule has 0 aliphatic rings. The fourth-order valence-corrected chi connectivity index (χ4v) is 2.71. The van der Waals surface area contributed by atoms with E-state index in [0.29, 0.717) is 18.1 Å². The maximum atomic E-state index is 12.3. The van der Waals surface area contributed by atoms with E-state index >= 15 is 0 Å². The third kappa shape index (κ3) is 6.51. The second-order valence-corrected chi connectivity index (χ2v) is 6.21. The number of carbonyl (C=O) groups is 3. The van der Waals surface area contributed by atoms with Gasteiger partial charge in [0.1, 0.15) is 6.04 Å². The Morgan fingerprint density at radius 3 is 2.37 bits per heavy atom. The standard InChI is InChI=1S/C22H25NO7/c1-4-29-19-13-16(10-11-18(19)27-2)21(25)30-14-20(24)23-17(22(26)28-3)12-15-8-6-5-7-9-15/h5-11,13,17H,4,12,14H2,1-3H3,(H,23,24). The lowest BCUT2D eigenvalue weighted by Gasteiger charge is -2.16. The summed E-state index contributed by atoms with van der Waals surface area (Å²) in [5, 5.41) is 2.54. The van der Waals surface area contributed by atoms with Crippen molar-refractivity contribution in [3.8, 4) is 11.5 Å². The Bertz CT molecular complexity index is 867. The number of rotatable bonds is 10. The Morgan fingerprint density at radius 1 is 1.00 bits per heavy atom. The SMILES string of the molecule is CCOc1cc(C(=O)OCC(=O)NC(Cc2ccccc2)C(=O)OC)ccc1OC. The van der Waals surface area contributed by atoms with Crippen LogP contribution in [0.25, 0.3) is 0 Å². The molecular formula is C22H25NO7. The lowest BCUT2D eigenvalue weighted by atomic mass is 10.1. The molecule has 30 heavy (non-hydrogen) atoms. The molecule has 0 heterocycles. The van der Waals surface area contributed by atoms with E-state index in [1.807, 2.05) is 37.3 Å². The molecule has 1 unspecified atom stereocenters. The van der Waals surface area contributed by atoms with Gasteiger partial charge in [0.05, 0.1) is 26.4 Å². The van der Waals surface area contributed by atoms with E-state index in [4.69, 9.17) is 18.9 Å². The lowest BCUT2D eigenvalue weighted by Crippen LogP contribution is -2.44. The van der Waals surface area contributed by atoms with Crippen molar-refractivity contribution in [1.29, 1.82) is 0 Å². The number of benzene rings is 2. The first-order valence-corrected chi connectivity index (χ1v) is 9.37. The molecule has 0 aliphatic heterocycles. The normalized spacial score (nSPS) is 11.2. The van der Waals surface area contributed by atoms with Crippen molar-refractivity contribution in [1.82, 2.24) is 5.32 Å². The summed E-state index contributed by atoms with van der Waals surface area (Å²) in [6, 6.07) is 12.9. The van der Waals surface area contributed by atoms with E-state index < -0.39 is 30.5 Å². The number of carbonyl (C=O) groups excluding carboxylic acids is 3. The molecule has 2 aromatic carbocycles. The van der Waals surface area contributed by atoms with Crippen LogP contribution in [0.3, 0.4) is 0 Å². The highest BCUT2D eigenvalue weighted by Gasteiger charge is 2.23. The third-order valence-electron chi connectivity index (χ3n) is 4.14. The van der Waals surface area contributed by atoms with Gasteiger partial charge in [0.2, 0.25) is 0 Å². The van der Waals surface area contributed by atoms with Gasteiger partial charge in [-0.2, -0.15) is 0 Å². The molecule has 1 N–H and O–H groups in total. The first-order chi connectivity index (χ1) is 14.5. The summed E-state index contributed by atoms with van der Waals surface area (Å²) in [7, 11) is 2.74. The fourth-order valence-electron chi connectivity index (χ4n) is 2.71. The van der Waals surface area contributed by atoms with Gasteiger partial charge in [0, 0.05) is 6.42 Å². The van der Waals surface area contributed by atoms with Gasteiger partial charge in [0.25, 0.3) is 5.91 Å². The maximum Gasteiger partial charge on any atom is 0.338 e. The molecule has 0 aromatic heterocycles. The Hall–Kier alpha value is -3.55. The smallest absolute Gasteiger partial charge is 0.338 e. The van der Waals surface area contributed by atoms with Crippen LogP contribution >= 0.6 is 0 Å². The summed E-state index contributed by atoms with van der Waals surface area (Å²) >= 11 is 0. The average molecular weight is 415 g/mol. The zero-order valence-corrected chi connectivity index (χ0v) is 17.2. The topological polar surface area (TPSA) is 100 Å². The molecule has 0 fully saturated rings. The Balaban J connectivity index is 1.97. The zero-order chi connectivity index (χ0) is 21.9. The van der Waals surface area contributed by atoms with E-state index in [1.54, 1.807) is 6.07 Å². The highest BCUT2D eigenvalue weighted by Crippen LogP contribution is 2.28. The van der Waals surface area contributed by atoms with Crippen molar-refractivity contribution in [2.24, 2.45) is 0 Å². The summed E-state index contributed by atoms with van der Waals surface area (Å²) in [6.07, 6.45) is 0.253. The highest BCUT2D eigenvalue weighted by atomic mass is 16.5. The number of methoxy groups -OCH3 is 2. The van der Waals surface area contributed by atoms with Crippen LogP contribution in [0.2, 0.25) is 0 Å². The fraction of sp³-hybridized carbons (Fsp3) is 0.318. The number of nitrogens with one attached hydrogen (secondary N) is 1. The van der Waals surface area contributed by atoms with Crippen molar-refractivity contribution < 1.29 is 33.3 Å². The number of amides is 1. The molecule has 0 spiro atoms. The molecule has 8 nitrogen and oxygen atoms in total. The van der Waals surface area contributed by atoms with Crippen LogP contribution < -0.4 is 14.8 Å². The predicted molar refractivity (Wildman–Crippen MR) is 109 cm³/mol. The molecule has 0 bridgehead atoms. The molecular weight excluding hydrogens is 390 g/mol. The van der Waals surface area contributed by atoms with Crippen molar-refractivity contribution in [3.63, 3.8) is 0 Å². The predicted octanol–water partition coefficient (Wildman–Crippen LogP) is 2.15. The Kier molecular flexibility index (Phi) is 8.68. The van der Waals surface area contributed by atoms with Crippen LogP contribution in [0.5, 0.6) is 11.5 Å². The van der Waals surface area contributed by atoms with Gasteiger partial charge in [-0.25, -0.2) is 9.59 Å². The van der Waals surface area contributed by atoms with Crippen LogP contribution in [0.15, 0.2) is 48.5 Å². The minimum Gasteiger partial charge on any atom is -0.493 e. The van der Waals surface area contributed by atoms with Gasteiger partial charge in [-0.05, 0) is 30.7 Å². The average Bonchev–Trinajstić information content (AvgIpc) is 2.77. The molecule has 0 radical (unpaired) electrons. The quantitative estimate of drug-likeness (QED) is 0.594. The number of ether oxygens (including phenoxy) is 4. The van der Waals surface area contributed by atoms with Crippen molar-refractivity contribution in [2.75, 3.05) is 27.4 Å². The molecule has 8 heteroatoms. The Morgan fingerprint density at radius 2 is 1.73 bits per heavy atom. The minimum atomic E-state index is -0.894. The van der Waals surface area contributed by atoms with E-state index in [9.17, 15) is 14.4 Å². The van der Waals surface area contributed by atoms with Gasteiger partial charge in [-0.3, -0.25) is 4.79 Å². The first-order valence-electron chi connectivity index (χ1n) is 9.37. The molecule has 2 aromatic rings. The summed E-state index contributed by atoms with van der Waals surface area (Å²) in [4.78, 5) is 36.5. The van der Waals surface area contributed by atoms with Gasteiger partial charge in [-0.15, -0.1) is 0 Å². The van der Waals surface area contributed by atoms with E-state index in [1.165, 1.54) is 26.4 Å². The van der Waals surface area contributed by atoms with Crippen LogP contribution in [-0.4, -0.2) is 51.3 Å². The number of hydrogen-bond acceptors (Lipinski definition) is 7. The van der Waals surface area contributed by atoms with Gasteiger partial charge >= 0.3 is 11.9 Å². The van der Waals surface area contributed by atoms with Crippen molar-refractivity contribution in [2.45, 2.75) is 19.4 Å². The first kappa shape index (κ1) is 22.7. The molecule has 1 amide bonds. The summed E-state index contributed by atoms with van der Waals surface area (Å²) in [5.41, 5.74) is 1.06. The Labute approximate surface area is 175 Å². The maximum absolute atomic E-state index is 12.3. The van der Waals surface area contributed by atoms with Crippen LogP contribution in [-0.2, 0) is 25.5 Å². The summed E-state index contributed by atoms with van der Waals surface area (Å²) in [5.74, 6) is -1.03. The van der Waals surface area contributed by atoms with Crippen molar-refractivity contribution in [3.05, 3.63) is 59.7 Å². The van der Waals surface area contributed by atoms with E-state index in [0.717, 1.165) is 5.56 Å². The number of esters is 2. The van der Waals surface area contributed by atoms with E-state index in [-0.39, 0.29) is 12.0 Å². The van der Waals surface area contributed by atoms with Crippen LogP contribution in [0.4, 0.5) is 0 Å². The third-order valence-corrected chi connectivity index (χ3v) is 4.14. The molecule has 0 aliphatic carbocycles. The largest absolute Gasteiger partial charge is 0.493 e. The lowest BCUT2D eigenvalue weighted by molar-refractivity contribution is -0.145. The van der Waals surface area contributed by atoms with Crippen molar-refractivity contribution >= 4 is 17.8 Å². The summed E-state index contributed by atoms with van der Waals surface area (Å²) in [6.45, 7) is 1.66. The van der Waals surface area contributed by atoms with E-state index in [2.05, 4.69) is 5.32 Å². The summed E-state index contributed by atoms with van der Waals surface area (Å²) < 4.78 is 20.4.